The second-order valence-corrected chi connectivity index (χ2v) is 6.46. The highest BCUT2D eigenvalue weighted by Crippen LogP contribution is 2.37. The summed E-state index contributed by atoms with van der Waals surface area (Å²) in [5, 5.41) is 3.43. The van der Waals surface area contributed by atoms with Gasteiger partial charge in [0.15, 0.2) is 0 Å². The van der Waals surface area contributed by atoms with Crippen molar-refractivity contribution in [2.75, 3.05) is 19.6 Å². The molecule has 1 N–H and O–H groups in total. The molecule has 21 heavy (non-hydrogen) atoms. The summed E-state index contributed by atoms with van der Waals surface area (Å²) in [5.41, 5.74) is 2.94. The lowest BCUT2D eigenvalue weighted by Gasteiger charge is -2.26. The van der Waals surface area contributed by atoms with E-state index < -0.39 is 0 Å². The summed E-state index contributed by atoms with van der Waals surface area (Å²) in [4.78, 5) is 7.39. The zero-order valence-corrected chi connectivity index (χ0v) is 14.0. The molecule has 0 amide bonds. The number of hydrogen-bond acceptors (Lipinski definition) is 3. The van der Waals surface area contributed by atoms with Gasteiger partial charge in [0.2, 0.25) is 0 Å². The molecule has 2 heterocycles. The topological polar surface area (TPSA) is 28.2 Å². The van der Waals surface area contributed by atoms with Crippen LogP contribution in [0.3, 0.4) is 0 Å². The van der Waals surface area contributed by atoms with Crippen molar-refractivity contribution in [3.63, 3.8) is 0 Å². The van der Waals surface area contributed by atoms with Crippen LogP contribution in [-0.4, -0.2) is 29.5 Å². The Balaban J connectivity index is 1.90. The van der Waals surface area contributed by atoms with Gasteiger partial charge in [0.05, 0.1) is 11.4 Å². The maximum absolute atomic E-state index is 4.80. The zero-order valence-electron chi connectivity index (χ0n) is 14.0. The third-order valence-corrected chi connectivity index (χ3v) is 5.00. The smallest absolute Gasteiger partial charge is 0.0547 e. The molecule has 0 aliphatic carbocycles. The van der Waals surface area contributed by atoms with Gasteiger partial charge in [0, 0.05) is 19.6 Å². The first-order chi connectivity index (χ1) is 10.2. The number of hydrogen-bond donors (Lipinski definition) is 1. The van der Waals surface area contributed by atoms with Crippen molar-refractivity contribution in [3.05, 3.63) is 29.6 Å². The molecule has 3 nitrogen and oxygen atoms in total. The van der Waals surface area contributed by atoms with E-state index in [0.29, 0.717) is 5.41 Å². The predicted octanol–water partition coefficient (Wildman–Crippen LogP) is 3.59. The van der Waals surface area contributed by atoms with Crippen LogP contribution in [0.25, 0.3) is 0 Å². The van der Waals surface area contributed by atoms with Crippen LogP contribution in [0, 0.1) is 5.41 Å². The molecule has 1 aliphatic rings. The number of nitrogens with one attached hydrogen (secondary N) is 1. The second kappa shape index (κ2) is 7.90. The number of likely N-dealkylation sites (tertiary alicyclic amines) is 1. The summed E-state index contributed by atoms with van der Waals surface area (Å²) < 4.78 is 0. The standard InChI is InChI=1S/C18H31N3/c1-4-11-19-13-16-8-7-9-17(20-16)14-21-12-10-18(5-2,6-3)15-21/h7-9,19H,4-6,10-15H2,1-3H3. The number of nitrogens with zero attached hydrogens (tertiary/aromatic N) is 2. The summed E-state index contributed by atoms with van der Waals surface area (Å²) in [6, 6.07) is 6.44. The zero-order chi connectivity index (χ0) is 15.1. The van der Waals surface area contributed by atoms with Crippen LogP contribution < -0.4 is 5.32 Å². The largest absolute Gasteiger partial charge is 0.311 e. The van der Waals surface area contributed by atoms with E-state index in [-0.39, 0.29) is 0 Å². The molecule has 1 aromatic heterocycles. The van der Waals surface area contributed by atoms with E-state index >= 15 is 0 Å². The molecule has 2 rings (SSSR count). The highest BCUT2D eigenvalue weighted by Gasteiger charge is 2.34. The molecule has 0 aromatic carbocycles. The van der Waals surface area contributed by atoms with Gasteiger partial charge in [-0.25, -0.2) is 0 Å². The molecule has 0 unspecified atom stereocenters. The van der Waals surface area contributed by atoms with Crippen LogP contribution in [0.1, 0.15) is 57.8 Å². The molecule has 1 aliphatic heterocycles. The molecule has 0 spiro atoms. The molecule has 0 bridgehead atoms. The van der Waals surface area contributed by atoms with Crippen LogP contribution in [0.4, 0.5) is 0 Å². The van der Waals surface area contributed by atoms with Gasteiger partial charge >= 0.3 is 0 Å². The van der Waals surface area contributed by atoms with Gasteiger partial charge in [-0.15, -0.1) is 0 Å². The number of aromatic nitrogens is 1. The third kappa shape index (κ3) is 4.52. The van der Waals surface area contributed by atoms with Crippen molar-refractivity contribution in [1.29, 1.82) is 0 Å². The van der Waals surface area contributed by atoms with E-state index in [2.05, 4.69) is 49.2 Å². The monoisotopic (exact) mass is 289 g/mol. The fraction of sp³-hybridized carbons (Fsp3) is 0.722. The van der Waals surface area contributed by atoms with Gasteiger partial charge in [-0.05, 0) is 56.3 Å². The average Bonchev–Trinajstić information content (AvgIpc) is 2.92. The van der Waals surface area contributed by atoms with Crippen molar-refractivity contribution >= 4 is 0 Å². The Bertz CT molecular complexity index is 426. The first-order valence-corrected chi connectivity index (χ1v) is 8.59. The minimum atomic E-state index is 0.556. The Hall–Kier alpha value is -0.930. The first-order valence-electron chi connectivity index (χ1n) is 8.59. The van der Waals surface area contributed by atoms with Crippen LogP contribution in [0.5, 0.6) is 0 Å². The van der Waals surface area contributed by atoms with E-state index in [9.17, 15) is 0 Å². The summed E-state index contributed by atoms with van der Waals surface area (Å²) in [5.74, 6) is 0. The molecule has 1 saturated heterocycles. The fourth-order valence-corrected chi connectivity index (χ4v) is 3.33. The van der Waals surface area contributed by atoms with Gasteiger partial charge in [0.1, 0.15) is 0 Å². The molecule has 3 heteroatoms. The van der Waals surface area contributed by atoms with Crippen LogP contribution in [0.2, 0.25) is 0 Å². The predicted molar refractivity (Wildman–Crippen MR) is 89.1 cm³/mol. The Morgan fingerprint density at radius 3 is 2.62 bits per heavy atom. The van der Waals surface area contributed by atoms with E-state index in [1.54, 1.807) is 0 Å². The third-order valence-electron chi connectivity index (χ3n) is 5.00. The maximum Gasteiger partial charge on any atom is 0.0547 e. The van der Waals surface area contributed by atoms with Crippen molar-refractivity contribution in [2.24, 2.45) is 5.41 Å². The minimum absolute atomic E-state index is 0.556. The minimum Gasteiger partial charge on any atom is -0.311 e. The lowest BCUT2D eigenvalue weighted by molar-refractivity contribution is 0.234. The van der Waals surface area contributed by atoms with Crippen LogP contribution in [0.15, 0.2) is 18.2 Å². The normalized spacial score (nSPS) is 18.2. The maximum atomic E-state index is 4.80. The van der Waals surface area contributed by atoms with E-state index in [0.717, 1.165) is 25.3 Å². The average molecular weight is 289 g/mol. The first kappa shape index (κ1) is 16.4. The van der Waals surface area contributed by atoms with E-state index in [1.165, 1.54) is 44.5 Å². The molecule has 0 radical (unpaired) electrons. The van der Waals surface area contributed by atoms with Crippen molar-refractivity contribution in [1.82, 2.24) is 15.2 Å². The highest BCUT2D eigenvalue weighted by atomic mass is 15.2. The molecule has 0 saturated carbocycles. The Morgan fingerprint density at radius 2 is 1.95 bits per heavy atom. The fourth-order valence-electron chi connectivity index (χ4n) is 3.33. The van der Waals surface area contributed by atoms with Gasteiger partial charge in [0.25, 0.3) is 0 Å². The number of pyridine rings is 1. The van der Waals surface area contributed by atoms with E-state index in [1.807, 2.05) is 0 Å². The van der Waals surface area contributed by atoms with E-state index in [4.69, 9.17) is 4.98 Å². The highest BCUT2D eigenvalue weighted by molar-refractivity contribution is 5.11. The van der Waals surface area contributed by atoms with Gasteiger partial charge < -0.3 is 5.32 Å². The quantitative estimate of drug-likeness (QED) is 0.741. The molecule has 0 atom stereocenters. The molecular formula is C18H31N3. The molecular weight excluding hydrogens is 258 g/mol. The van der Waals surface area contributed by atoms with Crippen LogP contribution >= 0.6 is 0 Å². The summed E-state index contributed by atoms with van der Waals surface area (Å²) >= 11 is 0. The number of rotatable bonds is 8. The lowest BCUT2D eigenvalue weighted by Crippen LogP contribution is -2.26. The SMILES string of the molecule is CCCNCc1cccc(CN2CCC(CC)(CC)C2)n1. The van der Waals surface area contributed by atoms with Crippen molar-refractivity contribution < 1.29 is 0 Å². The summed E-state index contributed by atoms with van der Waals surface area (Å²) in [6.07, 6.45) is 5.12. The second-order valence-electron chi connectivity index (χ2n) is 6.46. The van der Waals surface area contributed by atoms with Crippen molar-refractivity contribution in [3.8, 4) is 0 Å². The summed E-state index contributed by atoms with van der Waals surface area (Å²) in [7, 11) is 0. The van der Waals surface area contributed by atoms with Gasteiger partial charge in [-0.3, -0.25) is 9.88 Å². The van der Waals surface area contributed by atoms with Crippen LogP contribution in [-0.2, 0) is 13.1 Å². The van der Waals surface area contributed by atoms with Gasteiger partial charge in [-0.1, -0.05) is 26.8 Å². The van der Waals surface area contributed by atoms with Gasteiger partial charge in [-0.2, -0.15) is 0 Å². The lowest BCUT2D eigenvalue weighted by atomic mass is 9.82. The molecule has 1 fully saturated rings. The summed E-state index contributed by atoms with van der Waals surface area (Å²) in [6.45, 7) is 12.3. The Kier molecular flexibility index (Phi) is 6.19. The molecule has 118 valence electrons. The molecule has 1 aromatic rings. The van der Waals surface area contributed by atoms with Crippen molar-refractivity contribution in [2.45, 2.75) is 59.5 Å². The Labute approximate surface area is 130 Å². The Morgan fingerprint density at radius 1 is 1.19 bits per heavy atom.